The molecule has 0 aliphatic carbocycles. The van der Waals surface area contributed by atoms with E-state index in [0.29, 0.717) is 0 Å². The zero-order chi connectivity index (χ0) is 9.26. The predicted octanol–water partition coefficient (Wildman–Crippen LogP) is 2.59. The molecule has 0 amide bonds. The third kappa shape index (κ3) is 1.41. The monoisotopic (exact) mass is 178 g/mol. The number of halogens is 1. The maximum absolute atomic E-state index is 12.8. The second-order valence-corrected chi connectivity index (χ2v) is 3.08. The van der Waals surface area contributed by atoms with Crippen molar-refractivity contribution < 1.29 is 4.39 Å². The van der Waals surface area contributed by atoms with Crippen molar-refractivity contribution in [2.45, 2.75) is 19.9 Å². The van der Waals surface area contributed by atoms with Gasteiger partial charge in [-0.25, -0.2) is 9.37 Å². The number of nitrogens with zero attached hydrogens (tertiary/aromatic N) is 2. The summed E-state index contributed by atoms with van der Waals surface area (Å²) in [4.78, 5) is 4.05. The average molecular weight is 178 g/mol. The summed E-state index contributed by atoms with van der Waals surface area (Å²) in [7, 11) is 0. The van der Waals surface area contributed by atoms with Crippen molar-refractivity contribution in [3.05, 3.63) is 30.3 Å². The van der Waals surface area contributed by atoms with E-state index in [4.69, 9.17) is 0 Å². The Morgan fingerprint density at radius 3 is 3.15 bits per heavy atom. The molecule has 2 heterocycles. The Balaban J connectivity index is 2.55. The number of pyridine rings is 1. The van der Waals surface area contributed by atoms with Gasteiger partial charge in [-0.05, 0) is 18.6 Å². The molecular formula is C10H11FN2. The van der Waals surface area contributed by atoms with Crippen LogP contribution < -0.4 is 0 Å². The highest BCUT2D eigenvalue weighted by atomic mass is 19.1. The fraction of sp³-hybridized carbons (Fsp3) is 0.300. The number of rotatable bonds is 2. The largest absolute Gasteiger partial charge is 0.333 e. The van der Waals surface area contributed by atoms with Gasteiger partial charge in [0.15, 0.2) is 0 Å². The number of hydrogen-bond acceptors (Lipinski definition) is 1. The summed E-state index contributed by atoms with van der Waals surface area (Å²) in [6, 6.07) is 3.40. The lowest BCUT2D eigenvalue weighted by Gasteiger charge is -2.00. The van der Waals surface area contributed by atoms with Crippen LogP contribution in [0.5, 0.6) is 0 Å². The van der Waals surface area contributed by atoms with Crippen LogP contribution >= 0.6 is 0 Å². The quantitative estimate of drug-likeness (QED) is 0.691. The fourth-order valence-corrected chi connectivity index (χ4v) is 1.47. The van der Waals surface area contributed by atoms with Crippen LogP contribution in [0.4, 0.5) is 4.39 Å². The molecule has 68 valence electrons. The Hall–Kier alpha value is -1.38. The lowest BCUT2D eigenvalue weighted by Crippen LogP contribution is -1.95. The molecule has 0 unspecified atom stereocenters. The predicted molar refractivity (Wildman–Crippen MR) is 50.0 cm³/mol. The van der Waals surface area contributed by atoms with Gasteiger partial charge in [0.1, 0.15) is 11.5 Å². The molecule has 2 nitrogen and oxygen atoms in total. The molecule has 0 aromatic carbocycles. The van der Waals surface area contributed by atoms with Crippen molar-refractivity contribution in [1.29, 1.82) is 0 Å². The fourth-order valence-electron chi connectivity index (χ4n) is 1.47. The molecule has 3 heteroatoms. The van der Waals surface area contributed by atoms with Gasteiger partial charge in [-0.3, -0.25) is 0 Å². The van der Waals surface area contributed by atoms with Gasteiger partial charge in [-0.15, -0.1) is 0 Å². The molecule has 2 aromatic rings. The Labute approximate surface area is 76.0 Å². The molecule has 2 rings (SSSR count). The molecule has 0 N–H and O–H groups in total. The maximum Gasteiger partial charge on any atom is 0.142 e. The summed E-state index contributed by atoms with van der Waals surface area (Å²) in [6.45, 7) is 3.04. The van der Waals surface area contributed by atoms with E-state index in [9.17, 15) is 4.39 Å². The first-order valence-electron chi connectivity index (χ1n) is 4.41. The van der Waals surface area contributed by atoms with Gasteiger partial charge < -0.3 is 4.57 Å². The molecule has 0 atom stereocenters. The van der Waals surface area contributed by atoms with Gasteiger partial charge in [0.05, 0.1) is 6.20 Å². The molecule has 0 radical (unpaired) electrons. The van der Waals surface area contributed by atoms with Crippen LogP contribution in [-0.2, 0) is 6.54 Å². The highest BCUT2D eigenvalue weighted by molar-refractivity contribution is 5.75. The van der Waals surface area contributed by atoms with E-state index >= 15 is 0 Å². The van der Waals surface area contributed by atoms with E-state index < -0.39 is 0 Å². The van der Waals surface area contributed by atoms with Crippen molar-refractivity contribution in [2.75, 3.05) is 0 Å². The normalized spacial score (nSPS) is 10.9. The van der Waals surface area contributed by atoms with Crippen molar-refractivity contribution in [3.63, 3.8) is 0 Å². The number of hydrogen-bond donors (Lipinski definition) is 0. The van der Waals surface area contributed by atoms with Crippen LogP contribution in [0.2, 0.25) is 0 Å². The van der Waals surface area contributed by atoms with E-state index in [2.05, 4.69) is 11.9 Å². The molecule has 0 aliphatic rings. The first-order chi connectivity index (χ1) is 6.31. The third-order valence-corrected chi connectivity index (χ3v) is 2.03. The summed E-state index contributed by atoms with van der Waals surface area (Å²) in [5, 5.41) is 0.869. The van der Waals surface area contributed by atoms with Crippen LogP contribution in [0.25, 0.3) is 11.0 Å². The highest BCUT2D eigenvalue weighted by Crippen LogP contribution is 2.14. The number of aromatic nitrogens is 2. The lowest BCUT2D eigenvalue weighted by molar-refractivity contribution is 0.622. The molecular weight excluding hydrogens is 167 g/mol. The van der Waals surface area contributed by atoms with Gasteiger partial charge in [-0.2, -0.15) is 0 Å². The Kier molecular flexibility index (Phi) is 2.00. The van der Waals surface area contributed by atoms with Gasteiger partial charge in [0, 0.05) is 18.1 Å². The van der Waals surface area contributed by atoms with Crippen molar-refractivity contribution in [2.24, 2.45) is 0 Å². The zero-order valence-electron chi connectivity index (χ0n) is 7.50. The Morgan fingerprint density at radius 2 is 2.38 bits per heavy atom. The summed E-state index contributed by atoms with van der Waals surface area (Å²) in [6.07, 6.45) is 4.26. The number of aryl methyl sites for hydroxylation is 1. The molecule has 0 aliphatic heterocycles. The van der Waals surface area contributed by atoms with Crippen LogP contribution in [-0.4, -0.2) is 9.55 Å². The maximum atomic E-state index is 12.8. The highest BCUT2D eigenvalue weighted by Gasteiger charge is 2.01. The first kappa shape index (κ1) is 8.23. The smallest absolute Gasteiger partial charge is 0.142 e. The first-order valence-corrected chi connectivity index (χ1v) is 4.41. The second kappa shape index (κ2) is 3.17. The van der Waals surface area contributed by atoms with Crippen molar-refractivity contribution >= 4 is 11.0 Å². The van der Waals surface area contributed by atoms with Crippen LogP contribution in [0, 0.1) is 5.82 Å². The standard InChI is InChI=1S/C10H11FN2/c1-2-4-13-5-3-8-6-9(11)7-12-10(8)13/h3,5-7H,2,4H2,1H3. The van der Waals surface area contributed by atoms with E-state index in [1.54, 1.807) is 0 Å². The van der Waals surface area contributed by atoms with Gasteiger partial charge in [0.25, 0.3) is 0 Å². The van der Waals surface area contributed by atoms with Crippen LogP contribution in [0.3, 0.4) is 0 Å². The minimum absolute atomic E-state index is 0.276. The third-order valence-electron chi connectivity index (χ3n) is 2.03. The zero-order valence-corrected chi connectivity index (χ0v) is 7.50. The topological polar surface area (TPSA) is 17.8 Å². The van der Waals surface area contributed by atoms with Gasteiger partial charge >= 0.3 is 0 Å². The van der Waals surface area contributed by atoms with Crippen LogP contribution in [0.15, 0.2) is 24.5 Å². The Morgan fingerprint density at radius 1 is 1.54 bits per heavy atom. The van der Waals surface area contributed by atoms with Crippen molar-refractivity contribution in [1.82, 2.24) is 9.55 Å². The SMILES string of the molecule is CCCn1ccc2cc(F)cnc21. The van der Waals surface area contributed by atoms with Crippen molar-refractivity contribution in [3.8, 4) is 0 Å². The summed E-state index contributed by atoms with van der Waals surface area (Å²) < 4.78 is 14.8. The van der Waals surface area contributed by atoms with E-state index in [0.717, 1.165) is 24.0 Å². The lowest BCUT2D eigenvalue weighted by atomic mass is 10.3. The Bertz CT molecular complexity index is 420. The minimum atomic E-state index is -0.276. The van der Waals surface area contributed by atoms with Gasteiger partial charge in [0.2, 0.25) is 0 Å². The molecule has 0 fully saturated rings. The second-order valence-electron chi connectivity index (χ2n) is 3.08. The van der Waals surface area contributed by atoms with E-state index in [1.807, 2.05) is 16.8 Å². The molecule has 0 saturated heterocycles. The molecule has 0 bridgehead atoms. The average Bonchev–Trinajstić information content (AvgIpc) is 2.49. The minimum Gasteiger partial charge on any atom is -0.333 e. The molecule has 2 aromatic heterocycles. The van der Waals surface area contributed by atoms with Gasteiger partial charge in [-0.1, -0.05) is 6.92 Å². The summed E-state index contributed by atoms with van der Waals surface area (Å²) >= 11 is 0. The van der Waals surface area contributed by atoms with E-state index in [-0.39, 0.29) is 5.82 Å². The van der Waals surface area contributed by atoms with Crippen LogP contribution in [0.1, 0.15) is 13.3 Å². The summed E-state index contributed by atoms with van der Waals surface area (Å²) in [5.74, 6) is -0.276. The number of fused-ring (bicyclic) bond motifs is 1. The van der Waals surface area contributed by atoms with E-state index in [1.165, 1.54) is 12.3 Å². The summed E-state index contributed by atoms with van der Waals surface area (Å²) in [5.41, 5.74) is 0.864. The molecule has 13 heavy (non-hydrogen) atoms. The molecule has 0 spiro atoms. The molecule has 0 saturated carbocycles.